The van der Waals surface area contributed by atoms with Gasteiger partial charge in [0.15, 0.2) is 0 Å². The molecule has 4 nitrogen and oxygen atoms in total. The molecule has 170 valence electrons. The van der Waals surface area contributed by atoms with Crippen LogP contribution in [0.3, 0.4) is 0 Å². The number of halogens is 1. The summed E-state index contributed by atoms with van der Waals surface area (Å²) in [4.78, 5) is 13.3. The predicted octanol–water partition coefficient (Wildman–Crippen LogP) is 4.59. The molecule has 2 bridgehead atoms. The molecule has 0 aromatic heterocycles. The van der Waals surface area contributed by atoms with E-state index in [9.17, 15) is 14.3 Å². The summed E-state index contributed by atoms with van der Waals surface area (Å²) in [7, 11) is 0. The summed E-state index contributed by atoms with van der Waals surface area (Å²) in [5, 5.41) is 14.9. The first-order valence-electron chi connectivity index (χ1n) is 11.8. The molecule has 2 saturated carbocycles. The number of aliphatic hydroxyl groups excluding tert-OH is 1. The molecule has 0 aliphatic heterocycles. The van der Waals surface area contributed by atoms with E-state index in [1.165, 1.54) is 17.7 Å². The lowest BCUT2D eigenvalue weighted by Gasteiger charge is -2.44. The van der Waals surface area contributed by atoms with Gasteiger partial charge in [-0.05, 0) is 85.3 Å². The molecule has 0 saturated heterocycles. The molecular weight excluding hydrogens is 405 g/mol. The maximum absolute atomic E-state index is 13.3. The van der Waals surface area contributed by atoms with Crippen LogP contribution in [0.1, 0.15) is 66.7 Å². The van der Waals surface area contributed by atoms with Crippen molar-refractivity contribution in [2.24, 2.45) is 10.8 Å². The van der Waals surface area contributed by atoms with Gasteiger partial charge < -0.3 is 15.2 Å². The molecule has 2 aromatic rings. The Morgan fingerprint density at radius 3 is 2.78 bits per heavy atom. The number of hydrogen-bond donors (Lipinski definition) is 2. The van der Waals surface area contributed by atoms with Crippen LogP contribution in [0.4, 0.5) is 4.39 Å². The van der Waals surface area contributed by atoms with E-state index in [-0.39, 0.29) is 34.5 Å². The normalized spacial score (nSPS) is 32.4. The summed E-state index contributed by atoms with van der Waals surface area (Å²) in [5.74, 6) is -0.401. The molecule has 1 spiro atoms. The molecule has 2 aromatic carbocycles. The van der Waals surface area contributed by atoms with Gasteiger partial charge in [0, 0.05) is 18.5 Å². The summed E-state index contributed by atoms with van der Waals surface area (Å²) in [6.45, 7) is 5.62. The number of aliphatic hydroxyl groups is 1. The number of hydrogen-bond acceptors (Lipinski definition) is 4. The van der Waals surface area contributed by atoms with Crippen LogP contribution < -0.4 is 5.32 Å². The zero-order valence-corrected chi connectivity index (χ0v) is 18.9. The van der Waals surface area contributed by atoms with Crippen LogP contribution in [0.25, 0.3) is 0 Å². The maximum Gasteiger partial charge on any atom is 0.314 e. The van der Waals surface area contributed by atoms with Crippen LogP contribution in [-0.2, 0) is 16.1 Å². The van der Waals surface area contributed by atoms with Crippen LogP contribution in [0.2, 0.25) is 0 Å². The van der Waals surface area contributed by atoms with Gasteiger partial charge >= 0.3 is 5.97 Å². The molecular formula is C27H32FNO3. The lowest BCUT2D eigenvalue weighted by atomic mass is 9.60. The Kier molecular flexibility index (Phi) is 5.37. The summed E-state index contributed by atoms with van der Waals surface area (Å²) in [6, 6.07) is 12.9. The second-order valence-electron chi connectivity index (χ2n) is 10.1. The zero-order chi connectivity index (χ0) is 22.5. The molecule has 5 atom stereocenters. The molecule has 0 amide bonds. The Bertz CT molecular complexity index is 1020. The number of aryl methyl sites for hydroxylation is 1. The van der Waals surface area contributed by atoms with Crippen molar-refractivity contribution in [1.82, 2.24) is 5.32 Å². The highest BCUT2D eigenvalue weighted by atomic mass is 19.1. The van der Waals surface area contributed by atoms with Gasteiger partial charge in [-0.2, -0.15) is 0 Å². The van der Waals surface area contributed by atoms with Crippen LogP contribution in [-0.4, -0.2) is 30.3 Å². The van der Waals surface area contributed by atoms with Gasteiger partial charge in [0.1, 0.15) is 5.82 Å². The first kappa shape index (κ1) is 21.6. The number of carbonyl (C=O) groups excluding carboxylic acids is 1. The van der Waals surface area contributed by atoms with Gasteiger partial charge in [-0.1, -0.05) is 30.3 Å². The molecule has 2 fully saturated rings. The van der Waals surface area contributed by atoms with Gasteiger partial charge in [-0.15, -0.1) is 0 Å². The van der Waals surface area contributed by atoms with Crippen LogP contribution in [0.15, 0.2) is 42.5 Å². The molecule has 0 heterocycles. The highest BCUT2D eigenvalue weighted by Crippen LogP contribution is 2.72. The Balaban J connectivity index is 1.43. The van der Waals surface area contributed by atoms with Gasteiger partial charge in [-0.3, -0.25) is 4.79 Å². The number of fused-ring (bicyclic) bond motifs is 3. The van der Waals surface area contributed by atoms with E-state index in [1.54, 1.807) is 12.1 Å². The SMILES string of the molecule is CCOC(=O)[C@H]1c2c(C)cccc2[C@H]2CC[C@@]3(CNCc4ccc(F)cc4)C[C@]21C[C@H]3O. The highest BCUT2D eigenvalue weighted by Gasteiger charge is 2.68. The van der Waals surface area contributed by atoms with Crippen molar-refractivity contribution in [2.75, 3.05) is 13.2 Å². The smallest absolute Gasteiger partial charge is 0.314 e. The van der Waals surface area contributed by atoms with Crippen LogP contribution in [0.5, 0.6) is 0 Å². The summed E-state index contributed by atoms with van der Waals surface area (Å²) < 4.78 is 18.8. The number of esters is 1. The minimum absolute atomic E-state index is 0.144. The van der Waals surface area contributed by atoms with Crippen LogP contribution >= 0.6 is 0 Å². The fourth-order valence-corrected chi connectivity index (χ4v) is 7.14. The fourth-order valence-electron chi connectivity index (χ4n) is 7.14. The van der Waals surface area contributed by atoms with E-state index in [2.05, 4.69) is 30.4 Å². The first-order valence-corrected chi connectivity index (χ1v) is 11.8. The van der Waals surface area contributed by atoms with Gasteiger partial charge in [0.05, 0.1) is 18.6 Å². The molecule has 32 heavy (non-hydrogen) atoms. The third-order valence-corrected chi connectivity index (χ3v) is 8.42. The molecule has 0 radical (unpaired) electrons. The van der Waals surface area contributed by atoms with Crippen molar-refractivity contribution in [3.05, 3.63) is 70.5 Å². The average Bonchev–Trinajstić information content (AvgIpc) is 3.17. The predicted molar refractivity (Wildman–Crippen MR) is 121 cm³/mol. The van der Waals surface area contributed by atoms with E-state index >= 15 is 0 Å². The Hall–Kier alpha value is -2.24. The third-order valence-electron chi connectivity index (χ3n) is 8.42. The highest BCUT2D eigenvalue weighted by molar-refractivity contribution is 5.83. The Morgan fingerprint density at radius 2 is 2.03 bits per heavy atom. The van der Waals surface area contributed by atoms with Gasteiger partial charge in [-0.25, -0.2) is 4.39 Å². The topological polar surface area (TPSA) is 58.6 Å². The lowest BCUT2D eigenvalue weighted by molar-refractivity contribution is -0.149. The number of rotatable bonds is 6. The number of carbonyl (C=O) groups is 1. The van der Waals surface area contributed by atoms with Crippen molar-refractivity contribution in [3.63, 3.8) is 0 Å². The Morgan fingerprint density at radius 1 is 1.25 bits per heavy atom. The number of benzene rings is 2. The van der Waals surface area contributed by atoms with Crippen molar-refractivity contribution in [3.8, 4) is 0 Å². The molecule has 5 rings (SSSR count). The van der Waals surface area contributed by atoms with E-state index < -0.39 is 6.10 Å². The minimum Gasteiger partial charge on any atom is -0.466 e. The fraction of sp³-hybridized carbons (Fsp3) is 0.519. The van der Waals surface area contributed by atoms with Crippen molar-refractivity contribution in [2.45, 2.75) is 64.0 Å². The molecule has 2 N–H and O–H groups in total. The lowest BCUT2D eigenvalue weighted by Crippen LogP contribution is -2.43. The number of nitrogens with one attached hydrogen (secondary N) is 1. The third kappa shape index (κ3) is 3.20. The first-order chi connectivity index (χ1) is 15.4. The second kappa shape index (κ2) is 7.96. The van der Waals surface area contributed by atoms with Gasteiger partial charge in [0.25, 0.3) is 0 Å². The number of ether oxygens (including phenoxy) is 1. The maximum atomic E-state index is 13.3. The average molecular weight is 438 g/mol. The quantitative estimate of drug-likeness (QED) is 0.649. The van der Waals surface area contributed by atoms with E-state index in [0.717, 1.165) is 36.0 Å². The van der Waals surface area contributed by atoms with Crippen molar-refractivity contribution < 1.29 is 19.0 Å². The van der Waals surface area contributed by atoms with Crippen molar-refractivity contribution in [1.29, 1.82) is 0 Å². The van der Waals surface area contributed by atoms with Crippen LogP contribution in [0, 0.1) is 23.6 Å². The molecule has 5 heteroatoms. The van der Waals surface area contributed by atoms with E-state index in [4.69, 9.17) is 4.74 Å². The Labute approximate surface area is 189 Å². The molecule has 3 aliphatic carbocycles. The van der Waals surface area contributed by atoms with E-state index in [1.807, 2.05) is 6.92 Å². The summed E-state index contributed by atoms with van der Waals surface area (Å²) >= 11 is 0. The van der Waals surface area contributed by atoms with Gasteiger partial charge in [0.2, 0.25) is 0 Å². The summed E-state index contributed by atoms with van der Waals surface area (Å²) in [6.07, 6.45) is 2.90. The van der Waals surface area contributed by atoms with E-state index in [0.29, 0.717) is 26.1 Å². The largest absolute Gasteiger partial charge is 0.466 e. The summed E-state index contributed by atoms with van der Waals surface area (Å²) in [5.41, 5.74) is 4.05. The van der Waals surface area contributed by atoms with Crippen molar-refractivity contribution >= 4 is 5.97 Å². The zero-order valence-electron chi connectivity index (χ0n) is 18.9. The second-order valence-corrected chi connectivity index (χ2v) is 10.1. The monoisotopic (exact) mass is 437 g/mol. The molecule has 0 unspecified atom stereocenters. The minimum atomic E-state index is -0.459. The standard InChI is InChI=1S/C27H32FNO3/c1-3-32-25(31)24-23-17(2)5-4-6-20(23)21-11-12-26(15-27(21,24)13-22(26)30)16-29-14-18-7-9-19(28)10-8-18/h4-10,21-22,24,29-30H,3,11-16H2,1-2H3/t21-,22-,24-,26+,27-/m1/s1. The molecule has 3 aliphatic rings.